The standard InChI is InChI=1S/C23H31N7O2/c1-16(2)30-15-25-20-21(24-14-19-4-3-11-32-19)27-23(28-22(20)30)26-17-5-7-18(8-6-17)29-9-12-31-13-10-29/h5-8,15-16,19H,3-4,9-14H2,1-2H3,(H2,24,26,27,28). The molecular weight excluding hydrogens is 406 g/mol. The van der Waals surface area contributed by atoms with E-state index in [1.165, 1.54) is 5.69 Å². The maximum atomic E-state index is 5.76. The number of rotatable bonds is 7. The molecule has 9 heteroatoms. The second-order valence-electron chi connectivity index (χ2n) is 8.60. The van der Waals surface area contributed by atoms with Gasteiger partial charge in [0.2, 0.25) is 5.95 Å². The number of nitrogens with one attached hydrogen (secondary N) is 2. The summed E-state index contributed by atoms with van der Waals surface area (Å²) in [7, 11) is 0. The Bertz CT molecular complexity index is 1040. The number of morpholine rings is 1. The molecule has 1 aromatic carbocycles. The monoisotopic (exact) mass is 437 g/mol. The third-order valence-electron chi connectivity index (χ3n) is 6.00. The quantitative estimate of drug-likeness (QED) is 0.580. The third-order valence-corrected chi connectivity index (χ3v) is 6.00. The minimum atomic E-state index is 0.219. The molecule has 2 N–H and O–H groups in total. The lowest BCUT2D eigenvalue weighted by Gasteiger charge is -2.28. The summed E-state index contributed by atoms with van der Waals surface area (Å²) in [5, 5.41) is 6.82. The Morgan fingerprint density at radius 3 is 2.62 bits per heavy atom. The Kier molecular flexibility index (Phi) is 6.09. The van der Waals surface area contributed by atoms with Crippen molar-refractivity contribution >= 4 is 34.3 Å². The maximum absolute atomic E-state index is 5.76. The number of fused-ring (bicyclic) bond motifs is 1. The van der Waals surface area contributed by atoms with Gasteiger partial charge in [-0.1, -0.05) is 0 Å². The van der Waals surface area contributed by atoms with E-state index in [1.807, 2.05) is 6.33 Å². The Balaban J connectivity index is 1.39. The van der Waals surface area contributed by atoms with E-state index in [2.05, 4.69) is 63.2 Å². The Labute approximate surface area is 188 Å². The number of nitrogens with zero attached hydrogens (tertiary/aromatic N) is 5. The molecule has 0 amide bonds. The highest BCUT2D eigenvalue weighted by Gasteiger charge is 2.19. The minimum absolute atomic E-state index is 0.219. The van der Waals surface area contributed by atoms with Crippen LogP contribution >= 0.6 is 0 Å². The molecule has 4 heterocycles. The average molecular weight is 438 g/mol. The van der Waals surface area contributed by atoms with Crippen molar-refractivity contribution in [1.29, 1.82) is 0 Å². The van der Waals surface area contributed by atoms with Gasteiger partial charge in [0.05, 0.1) is 25.6 Å². The minimum Gasteiger partial charge on any atom is -0.378 e. The highest BCUT2D eigenvalue weighted by atomic mass is 16.5. The van der Waals surface area contributed by atoms with Crippen molar-refractivity contribution < 1.29 is 9.47 Å². The number of ether oxygens (including phenoxy) is 2. The Morgan fingerprint density at radius 2 is 1.91 bits per heavy atom. The van der Waals surface area contributed by atoms with E-state index in [-0.39, 0.29) is 12.1 Å². The van der Waals surface area contributed by atoms with Crippen molar-refractivity contribution in [1.82, 2.24) is 19.5 Å². The summed E-state index contributed by atoms with van der Waals surface area (Å²) in [6.07, 6.45) is 4.24. The van der Waals surface area contributed by atoms with E-state index in [4.69, 9.17) is 19.4 Å². The number of imidazole rings is 1. The lowest BCUT2D eigenvalue weighted by molar-refractivity contribution is 0.120. The van der Waals surface area contributed by atoms with Crippen molar-refractivity contribution in [3.63, 3.8) is 0 Å². The highest BCUT2D eigenvalue weighted by Crippen LogP contribution is 2.26. The van der Waals surface area contributed by atoms with Crippen molar-refractivity contribution in [2.24, 2.45) is 0 Å². The fourth-order valence-corrected chi connectivity index (χ4v) is 4.20. The van der Waals surface area contributed by atoms with Crippen LogP contribution < -0.4 is 15.5 Å². The largest absolute Gasteiger partial charge is 0.378 e. The van der Waals surface area contributed by atoms with Crippen LogP contribution in [0, 0.1) is 0 Å². The van der Waals surface area contributed by atoms with Crippen LogP contribution in [0.1, 0.15) is 32.7 Å². The van der Waals surface area contributed by atoms with Crippen molar-refractivity contribution in [2.45, 2.75) is 38.8 Å². The summed E-state index contributed by atoms with van der Waals surface area (Å²) in [5.74, 6) is 1.28. The van der Waals surface area contributed by atoms with Gasteiger partial charge in [0.1, 0.15) is 0 Å². The molecule has 0 saturated carbocycles. The molecule has 0 aliphatic carbocycles. The first-order valence-corrected chi connectivity index (χ1v) is 11.5. The van der Waals surface area contributed by atoms with E-state index in [9.17, 15) is 0 Å². The molecule has 0 bridgehead atoms. The number of hydrogen-bond donors (Lipinski definition) is 2. The second kappa shape index (κ2) is 9.30. The van der Waals surface area contributed by atoms with E-state index < -0.39 is 0 Å². The molecular formula is C23H31N7O2. The molecule has 32 heavy (non-hydrogen) atoms. The summed E-state index contributed by atoms with van der Waals surface area (Å²) >= 11 is 0. The first-order chi connectivity index (χ1) is 15.7. The summed E-state index contributed by atoms with van der Waals surface area (Å²) in [6, 6.07) is 8.64. The van der Waals surface area contributed by atoms with E-state index in [0.29, 0.717) is 12.5 Å². The normalized spacial score (nSPS) is 19.1. The number of anilines is 4. The van der Waals surface area contributed by atoms with Gasteiger partial charge in [0.15, 0.2) is 17.0 Å². The van der Waals surface area contributed by atoms with E-state index in [0.717, 1.165) is 68.4 Å². The summed E-state index contributed by atoms with van der Waals surface area (Å²) < 4.78 is 13.3. The predicted octanol–water partition coefficient (Wildman–Crippen LogP) is 3.58. The van der Waals surface area contributed by atoms with Crippen LogP contribution in [-0.4, -0.2) is 65.1 Å². The van der Waals surface area contributed by atoms with Crippen LogP contribution in [0.25, 0.3) is 11.2 Å². The molecule has 0 radical (unpaired) electrons. The zero-order valence-corrected chi connectivity index (χ0v) is 18.8. The molecule has 3 aromatic rings. The molecule has 2 aliphatic heterocycles. The number of hydrogen-bond acceptors (Lipinski definition) is 8. The van der Waals surface area contributed by atoms with Gasteiger partial charge >= 0.3 is 0 Å². The fraction of sp³-hybridized carbons (Fsp3) is 0.522. The molecule has 5 rings (SSSR count). The molecule has 0 spiro atoms. The topological polar surface area (TPSA) is 89.4 Å². The molecule has 170 valence electrons. The number of benzene rings is 1. The fourth-order valence-electron chi connectivity index (χ4n) is 4.20. The lowest BCUT2D eigenvalue weighted by atomic mass is 10.2. The highest BCUT2D eigenvalue weighted by molar-refractivity contribution is 5.85. The summed E-state index contributed by atoms with van der Waals surface area (Å²) in [5.41, 5.74) is 3.75. The molecule has 9 nitrogen and oxygen atoms in total. The van der Waals surface area contributed by atoms with Gasteiger partial charge in [0.25, 0.3) is 0 Å². The predicted molar refractivity (Wildman–Crippen MR) is 126 cm³/mol. The molecule has 2 saturated heterocycles. The van der Waals surface area contributed by atoms with Gasteiger partial charge in [-0.2, -0.15) is 9.97 Å². The van der Waals surface area contributed by atoms with Gasteiger partial charge in [-0.05, 0) is 51.0 Å². The van der Waals surface area contributed by atoms with Crippen LogP contribution in [0.2, 0.25) is 0 Å². The van der Waals surface area contributed by atoms with Crippen LogP contribution in [0.5, 0.6) is 0 Å². The van der Waals surface area contributed by atoms with Gasteiger partial charge in [-0.25, -0.2) is 4.98 Å². The van der Waals surface area contributed by atoms with Gasteiger partial charge < -0.3 is 29.6 Å². The third kappa shape index (κ3) is 4.49. The van der Waals surface area contributed by atoms with Gasteiger partial charge in [0, 0.05) is 43.7 Å². The van der Waals surface area contributed by atoms with Crippen molar-refractivity contribution in [3.05, 3.63) is 30.6 Å². The number of aromatic nitrogens is 4. The Morgan fingerprint density at radius 1 is 1.09 bits per heavy atom. The molecule has 1 unspecified atom stereocenters. The SMILES string of the molecule is CC(C)n1cnc2c(NCC3CCCO3)nc(Nc3ccc(N4CCOCC4)cc3)nc21. The molecule has 2 aromatic heterocycles. The smallest absolute Gasteiger partial charge is 0.231 e. The molecule has 2 aliphatic rings. The summed E-state index contributed by atoms with van der Waals surface area (Å²) in [6.45, 7) is 9.20. The van der Waals surface area contributed by atoms with Gasteiger partial charge in [-0.15, -0.1) is 0 Å². The first kappa shape index (κ1) is 21.0. The van der Waals surface area contributed by atoms with Gasteiger partial charge in [-0.3, -0.25) is 0 Å². The lowest BCUT2D eigenvalue weighted by Crippen LogP contribution is -2.36. The van der Waals surface area contributed by atoms with Crippen LogP contribution in [-0.2, 0) is 9.47 Å². The van der Waals surface area contributed by atoms with E-state index >= 15 is 0 Å². The molecule has 2 fully saturated rings. The zero-order chi connectivity index (χ0) is 21.9. The second-order valence-corrected chi connectivity index (χ2v) is 8.60. The zero-order valence-electron chi connectivity index (χ0n) is 18.8. The average Bonchev–Trinajstić information content (AvgIpc) is 3.49. The van der Waals surface area contributed by atoms with Crippen LogP contribution in [0.3, 0.4) is 0 Å². The van der Waals surface area contributed by atoms with Crippen molar-refractivity contribution in [2.75, 3.05) is 55.0 Å². The molecule has 1 atom stereocenters. The first-order valence-electron chi connectivity index (χ1n) is 11.5. The van der Waals surface area contributed by atoms with E-state index in [1.54, 1.807) is 0 Å². The van der Waals surface area contributed by atoms with Crippen LogP contribution in [0.4, 0.5) is 23.1 Å². The van der Waals surface area contributed by atoms with Crippen molar-refractivity contribution in [3.8, 4) is 0 Å². The Hall–Kier alpha value is -2.91. The van der Waals surface area contributed by atoms with Crippen LogP contribution in [0.15, 0.2) is 30.6 Å². The maximum Gasteiger partial charge on any atom is 0.231 e. The summed E-state index contributed by atoms with van der Waals surface area (Å²) in [4.78, 5) is 16.5.